The van der Waals surface area contributed by atoms with Crippen LogP contribution in [0.15, 0.2) is 59.6 Å². The Morgan fingerprint density at radius 1 is 1.10 bits per heavy atom. The van der Waals surface area contributed by atoms with Gasteiger partial charge in [-0.25, -0.2) is 18.4 Å². The molecule has 150 valence electrons. The topological polar surface area (TPSA) is 115 Å². The third kappa shape index (κ3) is 4.35. The lowest BCUT2D eigenvalue weighted by molar-refractivity contribution is -0.384. The molecule has 1 heterocycles. The molecular weight excluding hydrogens is 406 g/mol. The number of aryl methyl sites for hydroxylation is 1. The molecule has 11 heteroatoms. The molecule has 0 aliphatic heterocycles. The molecule has 0 saturated heterocycles. The number of nitrogens with one attached hydrogen (secondary N) is 1. The Balaban J connectivity index is 1.91. The number of nitro benzene ring substituents is 1. The molecular formula is C18H14F2N4O4S. The van der Waals surface area contributed by atoms with E-state index in [1.807, 2.05) is 6.92 Å². The lowest BCUT2D eigenvalue weighted by Crippen LogP contribution is -2.12. The van der Waals surface area contributed by atoms with Crippen LogP contribution in [-0.2, 0) is 9.84 Å². The van der Waals surface area contributed by atoms with Gasteiger partial charge in [0.2, 0.25) is 9.84 Å². The molecule has 0 aliphatic rings. The molecule has 1 N–H and O–H groups in total. The summed E-state index contributed by atoms with van der Waals surface area (Å²) in [4.78, 5) is 18.1. The van der Waals surface area contributed by atoms with Crippen LogP contribution >= 0.6 is 0 Å². The van der Waals surface area contributed by atoms with Crippen molar-refractivity contribution in [2.45, 2.75) is 17.6 Å². The minimum atomic E-state index is -4.94. The number of alkyl halides is 2. The third-order valence-corrected chi connectivity index (χ3v) is 5.33. The van der Waals surface area contributed by atoms with Crippen LogP contribution in [-0.4, -0.2) is 29.1 Å². The maximum atomic E-state index is 12.7. The zero-order chi connectivity index (χ0) is 21.2. The van der Waals surface area contributed by atoms with Gasteiger partial charge in [-0.1, -0.05) is 0 Å². The first kappa shape index (κ1) is 20.3. The number of nitro groups is 1. The second-order valence-electron chi connectivity index (χ2n) is 5.97. The van der Waals surface area contributed by atoms with Gasteiger partial charge >= 0.3 is 5.76 Å². The molecule has 0 amide bonds. The maximum absolute atomic E-state index is 12.7. The minimum Gasteiger partial charge on any atom is -0.350 e. The van der Waals surface area contributed by atoms with E-state index >= 15 is 0 Å². The summed E-state index contributed by atoms with van der Waals surface area (Å²) in [6, 6.07) is 11.0. The Labute approximate surface area is 164 Å². The Bertz CT molecular complexity index is 1170. The number of hydrogen-bond acceptors (Lipinski definition) is 7. The molecule has 3 rings (SSSR count). The molecule has 0 fully saturated rings. The van der Waals surface area contributed by atoms with Gasteiger partial charge in [0, 0.05) is 29.2 Å². The summed E-state index contributed by atoms with van der Waals surface area (Å²) < 4.78 is 48.5. The van der Waals surface area contributed by atoms with Crippen LogP contribution in [0.25, 0.3) is 11.4 Å². The highest BCUT2D eigenvalue weighted by molar-refractivity contribution is 7.91. The maximum Gasteiger partial charge on any atom is 0.341 e. The van der Waals surface area contributed by atoms with Crippen LogP contribution in [0.4, 0.5) is 25.8 Å². The van der Waals surface area contributed by atoms with E-state index in [-0.39, 0.29) is 5.69 Å². The lowest BCUT2D eigenvalue weighted by atomic mass is 10.2. The average molecular weight is 420 g/mol. The minimum absolute atomic E-state index is 0.0391. The largest absolute Gasteiger partial charge is 0.350 e. The average Bonchev–Trinajstić information content (AvgIpc) is 2.68. The van der Waals surface area contributed by atoms with E-state index in [1.54, 1.807) is 36.5 Å². The van der Waals surface area contributed by atoms with Gasteiger partial charge in [0.15, 0.2) is 5.82 Å². The van der Waals surface area contributed by atoms with E-state index in [9.17, 15) is 27.3 Å². The predicted octanol–water partition coefficient (Wildman–Crippen LogP) is 4.10. The highest BCUT2D eigenvalue weighted by atomic mass is 32.2. The number of benzene rings is 2. The quantitative estimate of drug-likeness (QED) is 0.471. The van der Waals surface area contributed by atoms with E-state index in [0.717, 1.165) is 23.4 Å². The SMILES string of the molecule is Cc1ccnc(-c2ccc(Nc3ccc(S(=O)(=O)C(F)F)cc3[N+](=O)[O-])cc2)n1. The Morgan fingerprint density at radius 3 is 2.38 bits per heavy atom. The monoisotopic (exact) mass is 420 g/mol. The molecule has 3 aromatic rings. The Kier molecular flexibility index (Phi) is 5.50. The number of sulfone groups is 1. The fraction of sp³-hybridized carbons (Fsp3) is 0.111. The Morgan fingerprint density at radius 2 is 1.79 bits per heavy atom. The molecule has 0 unspecified atom stereocenters. The fourth-order valence-electron chi connectivity index (χ4n) is 2.49. The summed E-state index contributed by atoms with van der Waals surface area (Å²) in [6.07, 6.45) is 1.63. The number of rotatable bonds is 6. The normalized spacial score (nSPS) is 11.4. The van der Waals surface area contributed by atoms with Gasteiger partial charge in [0.05, 0.1) is 9.82 Å². The molecule has 1 aromatic heterocycles. The Hall–Kier alpha value is -3.47. The predicted molar refractivity (Wildman–Crippen MR) is 102 cm³/mol. The smallest absolute Gasteiger partial charge is 0.341 e. The van der Waals surface area contributed by atoms with Crippen LogP contribution in [0.3, 0.4) is 0 Å². The highest BCUT2D eigenvalue weighted by Crippen LogP contribution is 2.32. The van der Waals surface area contributed by atoms with Crippen molar-refractivity contribution in [1.82, 2.24) is 9.97 Å². The van der Waals surface area contributed by atoms with Crippen LogP contribution in [0.5, 0.6) is 0 Å². The third-order valence-electron chi connectivity index (χ3n) is 3.95. The van der Waals surface area contributed by atoms with Crippen LogP contribution < -0.4 is 5.32 Å². The van der Waals surface area contributed by atoms with Crippen molar-refractivity contribution in [3.63, 3.8) is 0 Å². The van der Waals surface area contributed by atoms with Crippen LogP contribution in [0.1, 0.15) is 5.69 Å². The highest BCUT2D eigenvalue weighted by Gasteiger charge is 2.29. The zero-order valence-electron chi connectivity index (χ0n) is 14.9. The molecule has 0 spiro atoms. The van der Waals surface area contributed by atoms with E-state index < -0.39 is 31.1 Å². The number of halogens is 2. The number of hydrogen-bond donors (Lipinski definition) is 1. The number of aromatic nitrogens is 2. The van der Waals surface area contributed by atoms with E-state index in [4.69, 9.17) is 0 Å². The molecule has 29 heavy (non-hydrogen) atoms. The molecule has 0 bridgehead atoms. The molecule has 8 nitrogen and oxygen atoms in total. The van der Waals surface area contributed by atoms with Gasteiger partial charge in [-0.2, -0.15) is 8.78 Å². The van der Waals surface area contributed by atoms with Crippen molar-refractivity contribution >= 4 is 26.9 Å². The summed E-state index contributed by atoms with van der Waals surface area (Å²) in [7, 11) is -4.94. The van der Waals surface area contributed by atoms with Crippen molar-refractivity contribution in [3.05, 3.63) is 70.5 Å². The second-order valence-corrected chi connectivity index (χ2v) is 7.88. The van der Waals surface area contributed by atoms with Crippen molar-refractivity contribution in [3.8, 4) is 11.4 Å². The number of nitrogens with zero attached hydrogens (tertiary/aromatic N) is 3. The van der Waals surface area contributed by atoms with Gasteiger partial charge < -0.3 is 5.32 Å². The first-order chi connectivity index (χ1) is 13.7. The summed E-state index contributed by atoms with van der Waals surface area (Å²) in [5, 5.41) is 14.1. The second kappa shape index (κ2) is 7.87. The van der Waals surface area contributed by atoms with E-state index in [1.165, 1.54) is 0 Å². The summed E-state index contributed by atoms with van der Waals surface area (Å²) >= 11 is 0. The van der Waals surface area contributed by atoms with Crippen molar-refractivity contribution < 1.29 is 22.1 Å². The van der Waals surface area contributed by atoms with Crippen LogP contribution in [0.2, 0.25) is 0 Å². The molecule has 0 atom stereocenters. The van der Waals surface area contributed by atoms with Gasteiger partial charge in [0.1, 0.15) is 5.69 Å². The molecule has 0 saturated carbocycles. The van der Waals surface area contributed by atoms with Gasteiger partial charge in [0.25, 0.3) is 5.69 Å². The lowest BCUT2D eigenvalue weighted by Gasteiger charge is -2.10. The van der Waals surface area contributed by atoms with Crippen molar-refractivity contribution in [2.24, 2.45) is 0 Å². The summed E-state index contributed by atoms with van der Waals surface area (Å²) in [5.41, 5.74) is 1.31. The standard InChI is InChI=1S/C18H14F2N4O4S/c1-11-8-9-21-17(22-11)12-2-4-13(5-3-12)23-15-7-6-14(10-16(15)24(25)26)29(27,28)18(19)20/h2-10,18,23H,1H3. The fourth-order valence-corrected chi connectivity index (χ4v) is 3.23. The van der Waals surface area contributed by atoms with Gasteiger partial charge in [-0.15, -0.1) is 0 Å². The molecule has 0 aliphatic carbocycles. The zero-order valence-corrected chi connectivity index (χ0v) is 15.7. The van der Waals surface area contributed by atoms with Gasteiger partial charge in [-0.05, 0) is 49.4 Å². The van der Waals surface area contributed by atoms with E-state index in [2.05, 4.69) is 15.3 Å². The summed E-state index contributed by atoms with van der Waals surface area (Å²) in [6.45, 7) is 1.83. The summed E-state index contributed by atoms with van der Waals surface area (Å²) in [5.74, 6) is -3.15. The van der Waals surface area contributed by atoms with Crippen molar-refractivity contribution in [2.75, 3.05) is 5.32 Å². The first-order valence-corrected chi connectivity index (χ1v) is 9.71. The first-order valence-electron chi connectivity index (χ1n) is 8.16. The molecule has 2 aromatic carbocycles. The number of anilines is 2. The van der Waals surface area contributed by atoms with Gasteiger partial charge in [-0.3, -0.25) is 10.1 Å². The van der Waals surface area contributed by atoms with Crippen molar-refractivity contribution in [1.29, 1.82) is 0 Å². The van der Waals surface area contributed by atoms with E-state index in [0.29, 0.717) is 17.6 Å². The molecule has 0 radical (unpaired) electrons. The van der Waals surface area contributed by atoms with Crippen LogP contribution in [0, 0.1) is 17.0 Å².